The van der Waals surface area contributed by atoms with Gasteiger partial charge in [-0.2, -0.15) is 0 Å². The van der Waals surface area contributed by atoms with Crippen molar-refractivity contribution in [3.05, 3.63) is 58.3 Å². The molecular weight excluding hydrogens is 470 g/mol. The van der Waals surface area contributed by atoms with Crippen molar-refractivity contribution in [2.24, 2.45) is 0 Å². The molecule has 0 bridgehead atoms. The lowest BCUT2D eigenvalue weighted by Gasteiger charge is -2.53. The van der Waals surface area contributed by atoms with Gasteiger partial charge in [-0.25, -0.2) is 4.39 Å². The number of hydrogen-bond acceptors (Lipinski definition) is 4. The Morgan fingerprint density at radius 2 is 1.64 bits per heavy atom. The molecular formula is C24H27Cl2FN2O4. The molecule has 2 amide bonds. The van der Waals surface area contributed by atoms with Crippen LogP contribution in [0.3, 0.4) is 0 Å². The number of halogens is 3. The molecule has 0 saturated heterocycles. The van der Waals surface area contributed by atoms with Gasteiger partial charge in [0.25, 0.3) is 5.91 Å². The Kier molecular flexibility index (Phi) is 8.08. The summed E-state index contributed by atoms with van der Waals surface area (Å²) in [6, 6.07) is 11.1. The summed E-state index contributed by atoms with van der Waals surface area (Å²) in [4.78, 5) is 24.6. The molecule has 33 heavy (non-hydrogen) atoms. The van der Waals surface area contributed by atoms with Gasteiger partial charge in [0.05, 0.1) is 11.6 Å². The molecule has 3 rings (SSSR count). The molecule has 0 unspecified atom stereocenters. The average molecular weight is 497 g/mol. The van der Waals surface area contributed by atoms with Gasteiger partial charge in [-0.15, -0.1) is 0 Å². The highest BCUT2D eigenvalue weighted by Crippen LogP contribution is 2.41. The third kappa shape index (κ3) is 7.51. The summed E-state index contributed by atoms with van der Waals surface area (Å²) in [5.41, 5.74) is -0.851. The molecule has 2 aromatic rings. The third-order valence-electron chi connectivity index (χ3n) is 5.32. The van der Waals surface area contributed by atoms with Gasteiger partial charge in [0.2, 0.25) is 5.91 Å². The average Bonchev–Trinajstić information content (AvgIpc) is 2.71. The van der Waals surface area contributed by atoms with E-state index in [4.69, 9.17) is 32.7 Å². The fourth-order valence-corrected chi connectivity index (χ4v) is 4.61. The highest BCUT2D eigenvalue weighted by atomic mass is 35.5. The number of ether oxygens (including phenoxy) is 2. The Bertz CT molecular complexity index is 1010. The van der Waals surface area contributed by atoms with Gasteiger partial charge in [0.15, 0.2) is 6.61 Å². The quantitative estimate of drug-likeness (QED) is 0.458. The SMILES string of the molecule is CC1(NC(=O)CCCOc2cccc(Cl)c2)CC(C)(NC(=O)COc2ccc(Cl)c(F)c2)C1. The molecule has 0 heterocycles. The highest BCUT2D eigenvalue weighted by molar-refractivity contribution is 6.31. The molecule has 0 spiro atoms. The zero-order valence-corrected chi connectivity index (χ0v) is 20.1. The maximum absolute atomic E-state index is 13.5. The summed E-state index contributed by atoms with van der Waals surface area (Å²) in [7, 11) is 0. The van der Waals surface area contributed by atoms with E-state index in [0.717, 1.165) is 6.07 Å². The van der Waals surface area contributed by atoms with E-state index >= 15 is 0 Å². The Morgan fingerprint density at radius 1 is 0.970 bits per heavy atom. The van der Waals surface area contributed by atoms with Crippen LogP contribution in [0.2, 0.25) is 10.0 Å². The summed E-state index contributed by atoms with van der Waals surface area (Å²) >= 11 is 11.6. The van der Waals surface area contributed by atoms with Gasteiger partial charge in [-0.1, -0.05) is 29.3 Å². The third-order valence-corrected chi connectivity index (χ3v) is 5.86. The van der Waals surface area contributed by atoms with Crippen molar-refractivity contribution >= 4 is 35.0 Å². The van der Waals surface area contributed by atoms with Gasteiger partial charge in [0, 0.05) is 28.6 Å². The van der Waals surface area contributed by atoms with Crippen LogP contribution in [0.1, 0.15) is 39.5 Å². The minimum Gasteiger partial charge on any atom is -0.494 e. The van der Waals surface area contributed by atoms with Crippen molar-refractivity contribution < 1.29 is 23.5 Å². The van der Waals surface area contributed by atoms with E-state index < -0.39 is 16.9 Å². The standard InChI is InChI=1S/C24H27Cl2FN2O4/c1-23(28-21(30)7-4-10-32-17-6-3-5-16(25)11-17)14-24(2,15-23)29-22(31)13-33-18-8-9-19(26)20(27)12-18/h3,5-6,8-9,11-12H,4,7,10,13-15H2,1-2H3,(H,28,30)(H,29,31). The van der Waals surface area contributed by atoms with Crippen molar-refractivity contribution in [2.45, 2.75) is 50.6 Å². The van der Waals surface area contributed by atoms with Crippen molar-refractivity contribution in [2.75, 3.05) is 13.2 Å². The molecule has 178 valence electrons. The summed E-state index contributed by atoms with van der Waals surface area (Å²) < 4.78 is 24.4. The molecule has 0 atom stereocenters. The van der Waals surface area contributed by atoms with Gasteiger partial charge in [-0.3, -0.25) is 9.59 Å². The van der Waals surface area contributed by atoms with Gasteiger partial charge in [0.1, 0.15) is 17.3 Å². The van der Waals surface area contributed by atoms with Gasteiger partial charge >= 0.3 is 0 Å². The summed E-state index contributed by atoms with van der Waals surface area (Å²) in [5, 5.41) is 6.56. The van der Waals surface area contributed by atoms with Crippen LogP contribution < -0.4 is 20.1 Å². The van der Waals surface area contributed by atoms with Crippen LogP contribution in [0, 0.1) is 5.82 Å². The molecule has 2 aromatic carbocycles. The number of nitrogens with one attached hydrogen (secondary N) is 2. The van der Waals surface area contributed by atoms with E-state index in [1.165, 1.54) is 12.1 Å². The Hall–Kier alpha value is -2.51. The minimum atomic E-state index is -0.608. The Morgan fingerprint density at radius 3 is 2.30 bits per heavy atom. The molecule has 1 aliphatic carbocycles. The summed E-state index contributed by atoms with van der Waals surface area (Å²) in [6.07, 6.45) is 2.09. The van der Waals surface area contributed by atoms with E-state index in [-0.39, 0.29) is 29.2 Å². The molecule has 1 fully saturated rings. The second-order valence-corrected chi connectivity index (χ2v) is 9.69. The zero-order valence-electron chi connectivity index (χ0n) is 18.6. The predicted octanol–water partition coefficient (Wildman–Crippen LogP) is 4.91. The lowest BCUT2D eigenvalue weighted by atomic mass is 9.64. The number of amides is 2. The smallest absolute Gasteiger partial charge is 0.258 e. The van der Waals surface area contributed by atoms with E-state index in [1.807, 2.05) is 19.9 Å². The molecule has 1 aliphatic rings. The molecule has 0 radical (unpaired) electrons. The van der Waals surface area contributed by atoms with Gasteiger partial charge in [-0.05, 0) is 63.4 Å². The lowest BCUT2D eigenvalue weighted by Crippen LogP contribution is -2.68. The molecule has 1 saturated carbocycles. The largest absolute Gasteiger partial charge is 0.494 e. The fourth-order valence-electron chi connectivity index (χ4n) is 4.31. The number of carbonyl (C=O) groups excluding carboxylic acids is 2. The molecule has 2 N–H and O–H groups in total. The second-order valence-electron chi connectivity index (χ2n) is 8.85. The summed E-state index contributed by atoms with van der Waals surface area (Å²) in [6.45, 7) is 4.04. The number of carbonyl (C=O) groups is 2. The number of benzene rings is 2. The first-order chi connectivity index (χ1) is 15.6. The number of rotatable bonds is 10. The van der Waals surface area contributed by atoms with E-state index in [1.54, 1.807) is 18.2 Å². The fraction of sp³-hybridized carbons (Fsp3) is 0.417. The maximum atomic E-state index is 13.5. The molecule has 6 nitrogen and oxygen atoms in total. The van der Waals surface area contributed by atoms with Crippen LogP contribution in [0.5, 0.6) is 11.5 Å². The summed E-state index contributed by atoms with van der Waals surface area (Å²) in [5.74, 6) is -0.0936. The first-order valence-corrected chi connectivity index (χ1v) is 11.4. The molecule has 9 heteroatoms. The van der Waals surface area contributed by atoms with Crippen LogP contribution in [0.25, 0.3) is 0 Å². The topological polar surface area (TPSA) is 76.7 Å². The first kappa shape index (κ1) is 25.1. The normalized spacial score (nSPS) is 21.6. The van der Waals surface area contributed by atoms with E-state index in [2.05, 4.69) is 10.6 Å². The van der Waals surface area contributed by atoms with Crippen LogP contribution >= 0.6 is 23.2 Å². The maximum Gasteiger partial charge on any atom is 0.258 e. The Labute approximate surface area is 202 Å². The van der Waals surface area contributed by atoms with Crippen LogP contribution in [0.15, 0.2) is 42.5 Å². The van der Waals surface area contributed by atoms with Crippen LogP contribution in [-0.2, 0) is 9.59 Å². The van der Waals surface area contributed by atoms with Gasteiger partial charge < -0.3 is 20.1 Å². The van der Waals surface area contributed by atoms with Crippen LogP contribution in [-0.4, -0.2) is 36.1 Å². The zero-order chi connectivity index (χ0) is 24.1. The van der Waals surface area contributed by atoms with E-state index in [0.29, 0.717) is 43.1 Å². The first-order valence-electron chi connectivity index (χ1n) is 10.6. The Balaban J connectivity index is 1.34. The molecule has 0 aromatic heterocycles. The number of hydrogen-bond donors (Lipinski definition) is 2. The van der Waals surface area contributed by atoms with Crippen molar-refractivity contribution in [1.29, 1.82) is 0 Å². The van der Waals surface area contributed by atoms with Crippen LogP contribution in [0.4, 0.5) is 4.39 Å². The second kappa shape index (κ2) is 10.6. The minimum absolute atomic E-state index is 0.0104. The van der Waals surface area contributed by atoms with Crippen molar-refractivity contribution in [1.82, 2.24) is 10.6 Å². The van der Waals surface area contributed by atoms with Crippen molar-refractivity contribution in [3.8, 4) is 11.5 Å². The highest BCUT2D eigenvalue weighted by Gasteiger charge is 2.50. The predicted molar refractivity (Wildman–Crippen MR) is 125 cm³/mol. The molecule has 0 aliphatic heterocycles. The van der Waals surface area contributed by atoms with Crippen molar-refractivity contribution in [3.63, 3.8) is 0 Å². The van der Waals surface area contributed by atoms with E-state index in [9.17, 15) is 14.0 Å². The lowest BCUT2D eigenvalue weighted by molar-refractivity contribution is -0.129. The monoisotopic (exact) mass is 496 g/mol.